The Labute approximate surface area is 122 Å². The van der Waals surface area contributed by atoms with Crippen LogP contribution in [0.5, 0.6) is 0 Å². The summed E-state index contributed by atoms with van der Waals surface area (Å²) >= 11 is 0. The van der Waals surface area contributed by atoms with Crippen molar-refractivity contribution in [3.05, 3.63) is 0 Å². The van der Waals surface area contributed by atoms with Crippen LogP contribution in [0.2, 0.25) is 0 Å². The molecule has 0 spiro atoms. The zero-order valence-corrected chi connectivity index (χ0v) is 13.7. The second kappa shape index (κ2) is 6.43. The summed E-state index contributed by atoms with van der Waals surface area (Å²) in [5, 5.41) is 8.96. The highest BCUT2D eigenvalue weighted by Gasteiger charge is 2.33. The molecule has 1 fully saturated rings. The zero-order chi connectivity index (χ0) is 15.6. The highest BCUT2D eigenvalue weighted by Crippen LogP contribution is 2.27. The van der Waals surface area contributed by atoms with E-state index in [1.54, 1.807) is 11.2 Å². The fraction of sp³-hybridized carbons (Fsp3) is 0.929. The molecule has 0 aliphatic carbocycles. The summed E-state index contributed by atoms with van der Waals surface area (Å²) in [6.07, 6.45) is 2.29. The summed E-state index contributed by atoms with van der Waals surface area (Å²) in [4.78, 5) is 10.9. The Morgan fingerprint density at radius 3 is 2.50 bits per heavy atom. The monoisotopic (exact) mass is 305 g/mol. The summed E-state index contributed by atoms with van der Waals surface area (Å²) < 4.78 is 26.3. The van der Waals surface area contributed by atoms with Crippen LogP contribution in [0, 0.1) is 17.3 Å². The van der Waals surface area contributed by atoms with Crippen molar-refractivity contribution in [1.82, 2.24) is 4.31 Å². The van der Waals surface area contributed by atoms with Crippen molar-refractivity contribution in [2.75, 3.05) is 18.8 Å². The third-order valence-corrected chi connectivity index (χ3v) is 5.95. The summed E-state index contributed by atoms with van der Waals surface area (Å²) in [5.74, 6) is -0.921. The van der Waals surface area contributed by atoms with Crippen molar-refractivity contribution in [1.29, 1.82) is 0 Å². The summed E-state index contributed by atoms with van der Waals surface area (Å²) in [6.45, 7) is 8.47. The van der Waals surface area contributed by atoms with Crippen LogP contribution in [0.3, 0.4) is 0 Å². The maximum absolute atomic E-state index is 12.4. The van der Waals surface area contributed by atoms with Gasteiger partial charge in [0.15, 0.2) is 0 Å². The Morgan fingerprint density at radius 1 is 1.40 bits per heavy atom. The average molecular weight is 305 g/mol. The van der Waals surface area contributed by atoms with Gasteiger partial charge in [-0.2, -0.15) is 0 Å². The molecule has 0 amide bonds. The molecule has 20 heavy (non-hydrogen) atoms. The molecule has 118 valence electrons. The van der Waals surface area contributed by atoms with Gasteiger partial charge in [-0.25, -0.2) is 12.7 Å². The maximum Gasteiger partial charge on any atom is 0.306 e. The lowest BCUT2D eigenvalue weighted by Crippen LogP contribution is -2.43. The molecule has 1 aliphatic rings. The fourth-order valence-corrected chi connectivity index (χ4v) is 4.83. The van der Waals surface area contributed by atoms with E-state index in [0.717, 1.165) is 12.8 Å². The summed E-state index contributed by atoms with van der Waals surface area (Å²) in [6, 6.07) is 0. The van der Waals surface area contributed by atoms with Crippen molar-refractivity contribution in [3.63, 3.8) is 0 Å². The topological polar surface area (TPSA) is 74.7 Å². The van der Waals surface area contributed by atoms with E-state index in [1.165, 1.54) is 0 Å². The first-order valence-corrected chi connectivity index (χ1v) is 8.83. The molecule has 0 bridgehead atoms. The highest BCUT2D eigenvalue weighted by atomic mass is 32.2. The van der Waals surface area contributed by atoms with Crippen LogP contribution in [-0.2, 0) is 14.8 Å². The van der Waals surface area contributed by atoms with Crippen LogP contribution >= 0.6 is 0 Å². The van der Waals surface area contributed by atoms with E-state index in [-0.39, 0.29) is 17.1 Å². The molecule has 0 aromatic rings. The van der Waals surface area contributed by atoms with Crippen LogP contribution in [0.1, 0.15) is 47.0 Å². The average Bonchev–Trinajstić information content (AvgIpc) is 2.26. The number of hydrogen-bond acceptors (Lipinski definition) is 3. The van der Waals surface area contributed by atoms with Crippen LogP contribution in [0.25, 0.3) is 0 Å². The van der Waals surface area contributed by atoms with Crippen molar-refractivity contribution < 1.29 is 18.3 Å². The minimum Gasteiger partial charge on any atom is -0.481 e. The van der Waals surface area contributed by atoms with Crippen LogP contribution in [-0.4, -0.2) is 42.6 Å². The minimum atomic E-state index is -3.24. The Balaban J connectivity index is 2.67. The standard InChI is InChI=1S/C14H27NO4S/c1-11(13(16)17)8-12-6-5-7-15(9-12)20(18,19)10-14(2,3)4/h11-12H,5-10H2,1-4H3,(H,16,17). The van der Waals surface area contributed by atoms with Gasteiger partial charge in [-0.15, -0.1) is 0 Å². The second-order valence-corrected chi connectivity index (χ2v) is 9.13. The van der Waals surface area contributed by atoms with Gasteiger partial charge in [0.05, 0.1) is 11.7 Å². The molecule has 1 rings (SSSR count). The SMILES string of the molecule is CC(CC1CCCN(S(=O)(=O)CC(C)(C)C)C1)C(=O)O. The number of carboxylic acid groups (broad SMARTS) is 1. The van der Waals surface area contributed by atoms with E-state index in [1.807, 2.05) is 20.8 Å². The Morgan fingerprint density at radius 2 is 2.00 bits per heavy atom. The molecule has 1 saturated heterocycles. The largest absolute Gasteiger partial charge is 0.481 e. The molecular formula is C14H27NO4S. The van der Waals surface area contributed by atoms with Gasteiger partial charge in [0, 0.05) is 13.1 Å². The van der Waals surface area contributed by atoms with Crippen LogP contribution in [0.4, 0.5) is 0 Å². The summed E-state index contributed by atoms with van der Waals surface area (Å²) in [7, 11) is -3.24. The Kier molecular flexibility index (Phi) is 5.61. The van der Waals surface area contributed by atoms with Gasteiger partial charge in [0.25, 0.3) is 0 Å². The molecule has 0 saturated carbocycles. The van der Waals surface area contributed by atoms with Crippen molar-refractivity contribution in [2.45, 2.75) is 47.0 Å². The van der Waals surface area contributed by atoms with E-state index < -0.39 is 21.9 Å². The molecule has 1 N–H and O–H groups in total. The third-order valence-electron chi connectivity index (χ3n) is 3.60. The number of sulfonamides is 1. The lowest BCUT2D eigenvalue weighted by Gasteiger charge is -2.34. The van der Waals surface area contributed by atoms with Gasteiger partial charge in [-0.3, -0.25) is 4.79 Å². The second-order valence-electron chi connectivity index (χ2n) is 7.16. The smallest absolute Gasteiger partial charge is 0.306 e. The fourth-order valence-electron chi connectivity index (χ4n) is 2.71. The number of nitrogens with zero attached hydrogens (tertiary/aromatic N) is 1. The van der Waals surface area contributed by atoms with Crippen LogP contribution in [0.15, 0.2) is 0 Å². The number of aliphatic carboxylic acids is 1. The Bertz CT molecular complexity index is 439. The van der Waals surface area contributed by atoms with Gasteiger partial charge in [0.1, 0.15) is 0 Å². The number of carbonyl (C=O) groups is 1. The molecule has 6 heteroatoms. The van der Waals surface area contributed by atoms with Gasteiger partial charge in [-0.1, -0.05) is 27.7 Å². The van der Waals surface area contributed by atoms with Gasteiger partial charge >= 0.3 is 5.97 Å². The van der Waals surface area contributed by atoms with Crippen LogP contribution < -0.4 is 0 Å². The van der Waals surface area contributed by atoms with Gasteiger partial charge in [-0.05, 0) is 30.6 Å². The number of carboxylic acids is 1. The predicted molar refractivity (Wildman–Crippen MR) is 79.0 cm³/mol. The molecule has 5 nitrogen and oxygen atoms in total. The lowest BCUT2D eigenvalue weighted by molar-refractivity contribution is -0.141. The number of rotatable bonds is 5. The highest BCUT2D eigenvalue weighted by molar-refractivity contribution is 7.89. The zero-order valence-electron chi connectivity index (χ0n) is 12.9. The molecule has 0 aromatic carbocycles. The number of hydrogen-bond donors (Lipinski definition) is 1. The molecule has 0 radical (unpaired) electrons. The van der Waals surface area contributed by atoms with E-state index in [0.29, 0.717) is 19.5 Å². The van der Waals surface area contributed by atoms with Gasteiger partial charge < -0.3 is 5.11 Å². The molecule has 2 atom stereocenters. The van der Waals surface area contributed by atoms with Crippen molar-refractivity contribution in [2.24, 2.45) is 17.3 Å². The molecule has 1 aliphatic heterocycles. The predicted octanol–water partition coefficient (Wildman–Crippen LogP) is 2.19. The van der Waals surface area contributed by atoms with E-state index in [9.17, 15) is 13.2 Å². The van der Waals surface area contributed by atoms with E-state index >= 15 is 0 Å². The van der Waals surface area contributed by atoms with Crippen molar-refractivity contribution in [3.8, 4) is 0 Å². The normalized spacial score (nSPS) is 23.5. The van der Waals surface area contributed by atoms with E-state index in [4.69, 9.17) is 5.11 Å². The molecule has 1 heterocycles. The molecule has 2 unspecified atom stereocenters. The third kappa shape index (κ3) is 5.40. The minimum absolute atomic E-state index is 0.140. The first kappa shape index (κ1) is 17.4. The molecular weight excluding hydrogens is 278 g/mol. The molecule has 0 aromatic heterocycles. The quantitative estimate of drug-likeness (QED) is 0.845. The first-order chi connectivity index (χ1) is 9.01. The van der Waals surface area contributed by atoms with Gasteiger partial charge in [0.2, 0.25) is 10.0 Å². The van der Waals surface area contributed by atoms with E-state index in [2.05, 4.69) is 0 Å². The lowest BCUT2D eigenvalue weighted by atomic mass is 9.90. The van der Waals surface area contributed by atoms with Crippen molar-refractivity contribution >= 4 is 16.0 Å². The Hall–Kier alpha value is -0.620. The summed E-state index contributed by atoms with van der Waals surface area (Å²) in [5.41, 5.74) is -0.264. The maximum atomic E-state index is 12.4. The number of piperidine rings is 1. The first-order valence-electron chi connectivity index (χ1n) is 7.22.